The normalized spacial score (nSPS) is 13.7. The maximum atomic E-state index is 12.7. The van der Waals surface area contributed by atoms with Gasteiger partial charge in [0.2, 0.25) is 10.0 Å². The molecule has 23 heavy (non-hydrogen) atoms. The molecule has 0 aliphatic rings. The lowest BCUT2D eigenvalue weighted by molar-refractivity contribution is -0.137. The Morgan fingerprint density at radius 3 is 2.26 bits per heavy atom. The Kier molecular flexibility index (Phi) is 5.11. The monoisotopic (exact) mass is 343 g/mol. The van der Waals surface area contributed by atoms with Gasteiger partial charge in [-0.1, -0.05) is 43.3 Å². The van der Waals surface area contributed by atoms with Crippen molar-refractivity contribution in [2.75, 3.05) is 0 Å². The summed E-state index contributed by atoms with van der Waals surface area (Å²) >= 11 is 0. The lowest BCUT2D eigenvalue weighted by Gasteiger charge is -2.18. The fourth-order valence-electron chi connectivity index (χ4n) is 2.17. The molecule has 0 aliphatic heterocycles. The Hall–Kier alpha value is -1.86. The smallest absolute Gasteiger partial charge is 0.207 e. The molecule has 2 aromatic carbocycles. The highest BCUT2D eigenvalue weighted by atomic mass is 32.2. The molecule has 0 amide bonds. The minimum absolute atomic E-state index is 0.401. The van der Waals surface area contributed by atoms with Crippen molar-refractivity contribution in [2.45, 2.75) is 30.5 Å². The van der Waals surface area contributed by atoms with Crippen LogP contribution in [-0.4, -0.2) is 8.42 Å². The molecule has 0 saturated heterocycles. The van der Waals surface area contributed by atoms with Crippen LogP contribution in [0.2, 0.25) is 0 Å². The Bertz CT molecular complexity index is 758. The second-order valence-electron chi connectivity index (χ2n) is 5.02. The number of nitrogens with one attached hydrogen (secondary N) is 1. The first-order chi connectivity index (χ1) is 10.7. The molecule has 0 saturated carbocycles. The Morgan fingerprint density at radius 2 is 1.70 bits per heavy atom. The highest BCUT2D eigenvalue weighted by molar-refractivity contribution is 7.89. The van der Waals surface area contributed by atoms with Crippen molar-refractivity contribution >= 4 is 10.0 Å². The predicted molar refractivity (Wildman–Crippen MR) is 81.2 cm³/mol. The van der Waals surface area contributed by atoms with E-state index in [4.69, 9.17) is 0 Å². The summed E-state index contributed by atoms with van der Waals surface area (Å²) in [5.41, 5.74) is -0.237. The van der Waals surface area contributed by atoms with Crippen molar-refractivity contribution in [3.63, 3.8) is 0 Å². The average Bonchev–Trinajstić information content (AvgIpc) is 2.53. The molecule has 0 fully saturated rings. The molecule has 0 aliphatic carbocycles. The van der Waals surface area contributed by atoms with E-state index in [1.54, 1.807) is 37.3 Å². The highest BCUT2D eigenvalue weighted by Gasteiger charge is 2.32. The minimum Gasteiger partial charge on any atom is -0.207 e. The van der Waals surface area contributed by atoms with Gasteiger partial charge in [-0.25, -0.2) is 13.1 Å². The summed E-state index contributed by atoms with van der Waals surface area (Å²) in [5, 5.41) is 0. The molecule has 2 rings (SSSR count). The molecule has 1 unspecified atom stereocenters. The van der Waals surface area contributed by atoms with E-state index in [0.717, 1.165) is 23.8 Å². The number of hydrogen-bond acceptors (Lipinski definition) is 2. The van der Waals surface area contributed by atoms with Gasteiger partial charge in [0, 0.05) is 6.04 Å². The van der Waals surface area contributed by atoms with E-state index in [2.05, 4.69) is 4.72 Å². The largest absolute Gasteiger partial charge is 0.416 e. The van der Waals surface area contributed by atoms with Gasteiger partial charge in [-0.3, -0.25) is 0 Å². The molecule has 0 spiro atoms. The van der Waals surface area contributed by atoms with Crippen LogP contribution < -0.4 is 4.72 Å². The number of sulfonamides is 1. The van der Waals surface area contributed by atoms with Crippen molar-refractivity contribution in [1.82, 2.24) is 4.72 Å². The third-order valence-corrected chi connectivity index (χ3v) is 4.85. The van der Waals surface area contributed by atoms with Gasteiger partial charge < -0.3 is 0 Å². The third kappa shape index (κ3) is 4.33. The van der Waals surface area contributed by atoms with Crippen LogP contribution in [0.3, 0.4) is 0 Å². The van der Waals surface area contributed by atoms with Gasteiger partial charge in [-0.05, 0) is 30.2 Å². The van der Waals surface area contributed by atoms with E-state index in [1.165, 1.54) is 0 Å². The minimum atomic E-state index is -4.59. The third-order valence-electron chi connectivity index (χ3n) is 3.38. The lowest BCUT2D eigenvalue weighted by atomic mass is 10.1. The SMILES string of the molecule is CCC(NS(=O)(=O)c1cccc(C(F)(F)F)c1)c1ccccc1. The van der Waals surface area contributed by atoms with Crippen LogP contribution in [0.1, 0.15) is 30.5 Å². The number of rotatable bonds is 5. The number of alkyl halides is 3. The second-order valence-corrected chi connectivity index (χ2v) is 6.73. The molecule has 124 valence electrons. The summed E-state index contributed by atoms with van der Waals surface area (Å²) in [7, 11) is -4.05. The van der Waals surface area contributed by atoms with Gasteiger partial charge in [0.1, 0.15) is 0 Å². The van der Waals surface area contributed by atoms with Gasteiger partial charge in [-0.15, -0.1) is 0 Å². The van der Waals surface area contributed by atoms with Crippen LogP contribution in [0.15, 0.2) is 59.5 Å². The first-order valence-electron chi connectivity index (χ1n) is 6.98. The first kappa shape index (κ1) is 17.5. The van der Waals surface area contributed by atoms with Crippen molar-refractivity contribution in [1.29, 1.82) is 0 Å². The average molecular weight is 343 g/mol. The first-order valence-corrected chi connectivity index (χ1v) is 8.47. The summed E-state index contributed by atoms with van der Waals surface area (Å²) in [6, 6.07) is 12.1. The molecular weight excluding hydrogens is 327 g/mol. The molecule has 0 radical (unpaired) electrons. The molecule has 0 aromatic heterocycles. The van der Waals surface area contributed by atoms with E-state index in [-0.39, 0.29) is 0 Å². The van der Waals surface area contributed by atoms with Crippen LogP contribution in [0.25, 0.3) is 0 Å². The summed E-state index contributed by atoms with van der Waals surface area (Å²) in [5.74, 6) is 0. The number of benzene rings is 2. The van der Waals surface area contributed by atoms with Gasteiger partial charge in [0.15, 0.2) is 0 Å². The van der Waals surface area contributed by atoms with Crippen LogP contribution in [0.4, 0.5) is 13.2 Å². The van der Waals surface area contributed by atoms with Crippen molar-refractivity contribution in [3.05, 3.63) is 65.7 Å². The van der Waals surface area contributed by atoms with E-state index < -0.39 is 32.7 Å². The Balaban J connectivity index is 2.32. The molecule has 1 atom stereocenters. The molecular formula is C16H16F3NO2S. The molecule has 2 aromatic rings. The Morgan fingerprint density at radius 1 is 1.04 bits per heavy atom. The van der Waals surface area contributed by atoms with Crippen LogP contribution in [-0.2, 0) is 16.2 Å². The van der Waals surface area contributed by atoms with Crippen molar-refractivity contribution in [3.8, 4) is 0 Å². The Labute approximate surface area is 133 Å². The zero-order valence-corrected chi connectivity index (χ0v) is 13.2. The molecule has 7 heteroatoms. The fourth-order valence-corrected chi connectivity index (χ4v) is 3.52. The predicted octanol–water partition coefficient (Wildman–Crippen LogP) is 4.14. The van der Waals surface area contributed by atoms with E-state index in [0.29, 0.717) is 12.5 Å². The van der Waals surface area contributed by atoms with Crippen molar-refractivity contribution in [2.24, 2.45) is 0 Å². The van der Waals surface area contributed by atoms with Gasteiger partial charge >= 0.3 is 6.18 Å². The standard InChI is InChI=1S/C16H16F3NO2S/c1-2-15(12-7-4-3-5-8-12)20-23(21,22)14-10-6-9-13(11-14)16(17,18)19/h3-11,15,20H,2H2,1H3. The molecule has 1 N–H and O–H groups in total. The quantitative estimate of drug-likeness (QED) is 0.887. The summed E-state index contributed by atoms with van der Waals surface area (Å²) in [4.78, 5) is -0.401. The summed E-state index contributed by atoms with van der Waals surface area (Å²) < 4.78 is 65.4. The van der Waals surface area contributed by atoms with Crippen LogP contribution in [0.5, 0.6) is 0 Å². The maximum absolute atomic E-state index is 12.7. The molecule has 0 heterocycles. The second kappa shape index (κ2) is 6.72. The van der Waals surface area contributed by atoms with Crippen LogP contribution in [0, 0.1) is 0 Å². The van der Waals surface area contributed by atoms with Crippen LogP contribution >= 0.6 is 0 Å². The van der Waals surface area contributed by atoms with E-state index in [1.807, 2.05) is 0 Å². The fraction of sp³-hybridized carbons (Fsp3) is 0.250. The van der Waals surface area contributed by atoms with Gasteiger partial charge in [0.05, 0.1) is 10.5 Å². The topological polar surface area (TPSA) is 46.2 Å². The van der Waals surface area contributed by atoms with E-state index in [9.17, 15) is 21.6 Å². The number of hydrogen-bond donors (Lipinski definition) is 1. The van der Waals surface area contributed by atoms with E-state index >= 15 is 0 Å². The summed E-state index contributed by atoms with van der Waals surface area (Å²) in [6.45, 7) is 1.80. The van der Waals surface area contributed by atoms with Crippen molar-refractivity contribution < 1.29 is 21.6 Å². The lowest BCUT2D eigenvalue weighted by Crippen LogP contribution is -2.28. The number of halogens is 3. The molecule has 0 bridgehead atoms. The maximum Gasteiger partial charge on any atom is 0.416 e. The molecule has 3 nitrogen and oxygen atoms in total. The summed E-state index contributed by atoms with van der Waals surface area (Å²) in [6.07, 6.45) is -4.11. The zero-order valence-electron chi connectivity index (χ0n) is 12.3. The van der Waals surface area contributed by atoms with Gasteiger partial charge in [0.25, 0.3) is 0 Å². The zero-order chi connectivity index (χ0) is 17.1. The van der Waals surface area contributed by atoms with Gasteiger partial charge in [-0.2, -0.15) is 13.2 Å². The highest BCUT2D eigenvalue weighted by Crippen LogP contribution is 2.30.